The summed E-state index contributed by atoms with van der Waals surface area (Å²) in [7, 11) is 0. The number of nitro groups is 1. The molecule has 2 amide bonds. The summed E-state index contributed by atoms with van der Waals surface area (Å²) in [6, 6.07) is 9.58. The van der Waals surface area contributed by atoms with Crippen molar-refractivity contribution in [3.05, 3.63) is 57.6 Å². The summed E-state index contributed by atoms with van der Waals surface area (Å²) in [6.07, 6.45) is 0. The molecule has 0 aliphatic rings. The third-order valence-corrected chi connectivity index (χ3v) is 4.61. The minimum atomic E-state index is -0.520. The Labute approximate surface area is 152 Å². The third-order valence-electron chi connectivity index (χ3n) is 3.68. The lowest BCUT2D eigenvalue weighted by Crippen LogP contribution is -2.13. The number of aromatic nitrogens is 1. The van der Waals surface area contributed by atoms with Crippen molar-refractivity contribution >= 4 is 49.9 Å². The average Bonchev–Trinajstić information content (AvgIpc) is 2.95. The number of amides is 2. The lowest BCUT2D eigenvalue weighted by atomic mass is 10.1. The number of nitrogens with one attached hydrogen (secondary N) is 2. The van der Waals surface area contributed by atoms with Gasteiger partial charge in [-0.15, -0.1) is 0 Å². The van der Waals surface area contributed by atoms with Crippen LogP contribution in [0.15, 0.2) is 36.4 Å². The number of carbonyl (C=O) groups is 2. The van der Waals surface area contributed by atoms with Gasteiger partial charge in [0, 0.05) is 29.8 Å². The predicted octanol–water partition coefficient (Wildman–Crippen LogP) is 3.72. The fourth-order valence-corrected chi connectivity index (χ4v) is 3.39. The Morgan fingerprint density at radius 1 is 1.19 bits per heavy atom. The predicted molar refractivity (Wildman–Crippen MR) is 99.7 cm³/mol. The molecule has 0 atom stereocenters. The van der Waals surface area contributed by atoms with Crippen molar-refractivity contribution in [3.8, 4) is 0 Å². The van der Waals surface area contributed by atoms with Crippen molar-refractivity contribution < 1.29 is 14.5 Å². The first-order valence-corrected chi connectivity index (χ1v) is 8.40. The Morgan fingerprint density at radius 2 is 1.96 bits per heavy atom. The third kappa shape index (κ3) is 3.52. The SMILES string of the molecule is CC(=O)Nc1ccc2nc(NC(=O)c3cccc([N+](=O)[O-])c3C)sc2c1. The van der Waals surface area contributed by atoms with Gasteiger partial charge in [-0.05, 0) is 31.2 Å². The minimum absolute atomic E-state index is 0.109. The summed E-state index contributed by atoms with van der Waals surface area (Å²) < 4.78 is 0.794. The molecule has 2 N–H and O–H groups in total. The van der Waals surface area contributed by atoms with E-state index in [1.54, 1.807) is 18.2 Å². The van der Waals surface area contributed by atoms with Crippen molar-refractivity contribution in [1.29, 1.82) is 0 Å². The highest BCUT2D eigenvalue weighted by molar-refractivity contribution is 7.22. The van der Waals surface area contributed by atoms with E-state index >= 15 is 0 Å². The Bertz CT molecular complexity index is 1040. The molecule has 0 spiro atoms. The summed E-state index contributed by atoms with van der Waals surface area (Å²) in [5, 5.41) is 16.7. The fourth-order valence-electron chi connectivity index (χ4n) is 2.49. The fraction of sp³-hybridized carbons (Fsp3) is 0.118. The summed E-state index contributed by atoms with van der Waals surface area (Å²) in [4.78, 5) is 38.4. The van der Waals surface area contributed by atoms with E-state index in [0.29, 0.717) is 21.9 Å². The van der Waals surface area contributed by atoms with Gasteiger partial charge in [0.25, 0.3) is 11.6 Å². The quantitative estimate of drug-likeness (QED) is 0.536. The van der Waals surface area contributed by atoms with Gasteiger partial charge in [-0.1, -0.05) is 17.4 Å². The number of rotatable bonds is 4. The van der Waals surface area contributed by atoms with E-state index in [4.69, 9.17) is 0 Å². The van der Waals surface area contributed by atoms with Gasteiger partial charge >= 0.3 is 0 Å². The number of anilines is 2. The lowest BCUT2D eigenvalue weighted by Gasteiger charge is -2.05. The van der Waals surface area contributed by atoms with Gasteiger partial charge in [0.2, 0.25) is 5.91 Å². The second kappa shape index (κ2) is 6.89. The molecule has 0 radical (unpaired) electrons. The van der Waals surface area contributed by atoms with Crippen LogP contribution < -0.4 is 10.6 Å². The van der Waals surface area contributed by atoms with Crippen LogP contribution in [-0.2, 0) is 4.79 Å². The molecular formula is C17H14N4O4S. The summed E-state index contributed by atoms with van der Waals surface area (Å²) in [5.41, 5.74) is 1.72. The Morgan fingerprint density at radius 3 is 2.65 bits per heavy atom. The summed E-state index contributed by atoms with van der Waals surface area (Å²) in [5.74, 6) is -0.643. The maximum atomic E-state index is 12.5. The van der Waals surface area contributed by atoms with Crippen LogP contribution in [0.2, 0.25) is 0 Å². The molecule has 0 aliphatic carbocycles. The minimum Gasteiger partial charge on any atom is -0.326 e. The second-order valence-corrected chi connectivity index (χ2v) is 6.57. The van der Waals surface area contributed by atoms with Crippen LogP contribution in [0.25, 0.3) is 10.2 Å². The maximum absolute atomic E-state index is 12.5. The highest BCUT2D eigenvalue weighted by Crippen LogP contribution is 2.29. The van der Waals surface area contributed by atoms with E-state index in [1.165, 1.54) is 43.4 Å². The first kappa shape index (κ1) is 17.5. The maximum Gasteiger partial charge on any atom is 0.273 e. The number of carbonyl (C=O) groups excluding carboxylic acids is 2. The number of nitrogens with zero attached hydrogens (tertiary/aromatic N) is 2. The van der Waals surface area contributed by atoms with Crippen LogP contribution in [-0.4, -0.2) is 21.7 Å². The molecule has 0 aliphatic heterocycles. The molecule has 0 bridgehead atoms. The van der Waals surface area contributed by atoms with Crippen molar-refractivity contribution in [2.24, 2.45) is 0 Å². The number of hydrogen-bond acceptors (Lipinski definition) is 6. The van der Waals surface area contributed by atoms with Gasteiger partial charge in [-0.3, -0.25) is 25.0 Å². The molecule has 0 saturated carbocycles. The van der Waals surface area contributed by atoms with Crippen LogP contribution in [0.1, 0.15) is 22.8 Å². The summed E-state index contributed by atoms with van der Waals surface area (Å²) in [6.45, 7) is 2.95. The molecule has 1 aromatic heterocycles. The average molecular weight is 370 g/mol. The van der Waals surface area contributed by atoms with E-state index in [1.807, 2.05) is 0 Å². The molecule has 2 aromatic carbocycles. The van der Waals surface area contributed by atoms with E-state index < -0.39 is 10.8 Å². The van der Waals surface area contributed by atoms with Crippen molar-refractivity contribution in [1.82, 2.24) is 4.98 Å². The van der Waals surface area contributed by atoms with E-state index in [2.05, 4.69) is 15.6 Å². The molecule has 1 heterocycles. The van der Waals surface area contributed by atoms with E-state index in [-0.39, 0.29) is 17.2 Å². The van der Waals surface area contributed by atoms with Crippen LogP contribution in [0.5, 0.6) is 0 Å². The molecule has 3 rings (SSSR count). The topological polar surface area (TPSA) is 114 Å². The zero-order chi connectivity index (χ0) is 18.8. The van der Waals surface area contributed by atoms with Crippen molar-refractivity contribution in [2.75, 3.05) is 10.6 Å². The molecule has 3 aromatic rings. The largest absolute Gasteiger partial charge is 0.326 e. The van der Waals surface area contributed by atoms with Gasteiger partial charge in [0.15, 0.2) is 5.13 Å². The molecule has 0 fully saturated rings. The summed E-state index contributed by atoms with van der Waals surface area (Å²) >= 11 is 1.25. The first-order chi connectivity index (χ1) is 12.3. The van der Waals surface area contributed by atoms with E-state index in [9.17, 15) is 19.7 Å². The monoisotopic (exact) mass is 370 g/mol. The number of benzene rings is 2. The molecule has 132 valence electrons. The number of thiazole rings is 1. The zero-order valence-corrected chi connectivity index (χ0v) is 14.7. The van der Waals surface area contributed by atoms with Gasteiger partial charge in [0.1, 0.15) is 0 Å². The van der Waals surface area contributed by atoms with Crippen LogP contribution in [0.4, 0.5) is 16.5 Å². The molecular weight excluding hydrogens is 356 g/mol. The van der Waals surface area contributed by atoms with Gasteiger partial charge in [0.05, 0.1) is 15.1 Å². The Hall–Kier alpha value is -3.33. The molecule has 0 unspecified atom stereocenters. The normalized spacial score (nSPS) is 10.5. The number of fused-ring (bicyclic) bond motifs is 1. The second-order valence-electron chi connectivity index (χ2n) is 5.54. The van der Waals surface area contributed by atoms with Crippen LogP contribution >= 0.6 is 11.3 Å². The Balaban J connectivity index is 1.87. The standard InChI is InChI=1S/C17H14N4O4S/c1-9-12(4-3-5-14(9)21(24)25)16(23)20-17-19-13-7-6-11(18-10(2)22)8-15(13)26-17/h3-8H,1-2H3,(H,18,22)(H,19,20,23). The smallest absolute Gasteiger partial charge is 0.273 e. The lowest BCUT2D eigenvalue weighted by molar-refractivity contribution is -0.385. The van der Waals surface area contributed by atoms with Gasteiger partial charge < -0.3 is 5.32 Å². The molecule has 26 heavy (non-hydrogen) atoms. The molecule has 8 nitrogen and oxygen atoms in total. The van der Waals surface area contributed by atoms with Crippen molar-refractivity contribution in [2.45, 2.75) is 13.8 Å². The van der Waals surface area contributed by atoms with Gasteiger partial charge in [-0.2, -0.15) is 0 Å². The van der Waals surface area contributed by atoms with E-state index in [0.717, 1.165) is 4.70 Å². The Kier molecular flexibility index (Phi) is 4.63. The first-order valence-electron chi connectivity index (χ1n) is 7.58. The number of nitro benzene ring substituents is 1. The van der Waals surface area contributed by atoms with Gasteiger partial charge in [-0.25, -0.2) is 4.98 Å². The molecule has 9 heteroatoms. The highest BCUT2D eigenvalue weighted by atomic mass is 32.1. The van der Waals surface area contributed by atoms with Crippen molar-refractivity contribution in [3.63, 3.8) is 0 Å². The number of hydrogen-bond donors (Lipinski definition) is 2. The van der Waals surface area contributed by atoms with Crippen LogP contribution in [0, 0.1) is 17.0 Å². The molecule has 0 saturated heterocycles. The van der Waals surface area contributed by atoms with Crippen LogP contribution in [0.3, 0.4) is 0 Å². The zero-order valence-electron chi connectivity index (χ0n) is 13.9. The highest BCUT2D eigenvalue weighted by Gasteiger charge is 2.19.